The summed E-state index contributed by atoms with van der Waals surface area (Å²) in [6, 6.07) is 0. The van der Waals surface area contributed by atoms with Crippen LogP contribution in [0.15, 0.2) is 0 Å². The number of amidine groups is 1. The molecule has 1 rings (SSSR count). The smallest absolute Gasteiger partial charge is 0.0905 e. The lowest BCUT2D eigenvalue weighted by atomic mass is 10.2. The summed E-state index contributed by atoms with van der Waals surface area (Å²) in [7, 11) is 4.26. The van der Waals surface area contributed by atoms with E-state index in [2.05, 4.69) is 28.8 Å². The maximum Gasteiger partial charge on any atom is 0.0905 e. The SMILES string of the molecule is CN(C)CCN1CCN(CCCCC(=N)N)CC1. The predicted molar refractivity (Wildman–Crippen MR) is 77.2 cm³/mol. The fourth-order valence-corrected chi connectivity index (χ4v) is 2.23. The molecule has 18 heavy (non-hydrogen) atoms. The molecule has 0 saturated carbocycles. The van der Waals surface area contributed by atoms with Crippen LogP contribution in [0.1, 0.15) is 19.3 Å². The maximum atomic E-state index is 7.18. The fraction of sp³-hybridized carbons (Fsp3) is 0.923. The second kappa shape index (κ2) is 8.45. The molecule has 0 atom stereocenters. The molecule has 0 bridgehead atoms. The zero-order chi connectivity index (χ0) is 13.4. The summed E-state index contributed by atoms with van der Waals surface area (Å²) in [4.78, 5) is 7.33. The number of hydrogen-bond acceptors (Lipinski definition) is 4. The quantitative estimate of drug-likeness (QED) is 0.371. The van der Waals surface area contributed by atoms with Crippen molar-refractivity contribution in [2.24, 2.45) is 5.73 Å². The van der Waals surface area contributed by atoms with E-state index in [-0.39, 0.29) is 0 Å². The van der Waals surface area contributed by atoms with Gasteiger partial charge in [0.25, 0.3) is 0 Å². The number of nitrogens with one attached hydrogen (secondary N) is 1. The first-order valence-electron chi connectivity index (χ1n) is 7.00. The topological polar surface area (TPSA) is 59.6 Å². The van der Waals surface area contributed by atoms with Crippen LogP contribution in [-0.2, 0) is 0 Å². The Balaban J connectivity index is 2.03. The van der Waals surface area contributed by atoms with Crippen molar-refractivity contribution in [3.63, 3.8) is 0 Å². The Bertz CT molecular complexity index is 234. The number of likely N-dealkylation sites (N-methyl/N-ethyl adjacent to an activating group) is 1. The van der Waals surface area contributed by atoms with E-state index in [0.29, 0.717) is 5.84 Å². The van der Waals surface area contributed by atoms with E-state index >= 15 is 0 Å². The predicted octanol–water partition coefficient (Wildman–Crippen LogP) is 0.272. The van der Waals surface area contributed by atoms with E-state index in [1.54, 1.807) is 0 Å². The highest BCUT2D eigenvalue weighted by Crippen LogP contribution is 2.04. The van der Waals surface area contributed by atoms with Crippen LogP contribution >= 0.6 is 0 Å². The molecule has 1 aliphatic rings. The van der Waals surface area contributed by atoms with Crippen molar-refractivity contribution in [2.45, 2.75) is 19.3 Å². The normalized spacial score (nSPS) is 18.4. The van der Waals surface area contributed by atoms with Crippen LogP contribution in [0.2, 0.25) is 0 Å². The number of nitrogens with zero attached hydrogens (tertiary/aromatic N) is 3. The lowest BCUT2D eigenvalue weighted by Crippen LogP contribution is -2.48. The van der Waals surface area contributed by atoms with Crippen molar-refractivity contribution in [3.05, 3.63) is 0 Å². The number of unbranched alkanes of at least 4 members (excludes halogenated alkanes) is 1. The van der Waals surface area contributed by atoms with E-state index in [0.717, 1.165) is 32.4 Å². The molecule has 1 saturated heterocycles. The summed E-state index contributed by atoms with van der Waals surface area (Å²) in [5, 5.41) is 7.18. The Morgan fingerprint density at radius 1 is 1.06 bits per heavy atom. The number of rotatable bonds is 8. The van der Waals surface area contributed by atoms with Gasteiger partial charge < -0.3 is 15.5 Å². The van der Waals surface area contributed by atoms with Crippen LogP contribution in [-0.4, -0.2) is 80.4 Å². The molecular formula is C13H29N5. The summed E-state index contributed by atoms with van der Waals surface area (Å²) in [6.45, 7) is 8.26. The van der Waals surface area contributed by atoms with Gasteiger partial charge >= 0.3 is 0 Å². The minimum atomic E-state index is 0.323. The minimum absolute atomic E-state index is 0.323. The summed E-state index contributed by atoms with van der Waals surface area (Å²) in [6.07, 6.45) is 2.97. The Morgan fingerprint density at radius 3 is 2.11 bits per heavy atom. The Morgan fingerprint density at radius 2 is 1.61 bits per heavy atom. The molecule has 5 heteroatoms. The van der Waals surface area contributed by atoms with Crippen molar-refractivity contribution < 1.29 is 0 Å². The van der Waals surface area contributed by atoms with E-state index < -0.39 is 0 Å². The summed E-state index contributed by atoms with van der Waals surface area (Å²) >= 11 is 0. The monoisotopic (exact) mass is 255 g/mol. The highest BCUT2D eigenvalue weighted by Gasteiger charge is 2.15. The zero-order valence-corrected chi connectivity index (χ0v) is 12.0. The van der Waals surface area contributed by atoms with Crippen molar-refractivity contribution in [1.82, 2.24) is 14.7 Å². The lowest BCUT2D eigenvalue weighted by Gasteiger charge is -2.35. The van der Waals surface area contributed by atoms with E-state index in [4.69, 9.17) is 11.1 Å². The number of hydrogen-bond donors (Lipinski definition) is 2. The van der Waals surface area contributed by atoms with Gasteiger partial charge in [-0.05, 0) is 33.5 Å². The van der Waals surface area contributed by atoms with Crippen LogP contribution < -0.4 is 5.73 Å². The Labute approximate surface area is 111 Å². The van der Waals surface area contributed by atoms with Crippen molar-refractivity contribution in [3.8, 4) is 0 Å². The molecule has 106 valence electrons. The average molecular weight is 255 g/mol. The molecule has 5 nitrogen and oxygen atoms in total. The third-order valence-corrected chi connectivity index (χ3v) is 3.50. The second-order valence-corrected chi connectivity index (χ2v) is 5.47. The third-order valence-electron chi connectivity index (χ3n) is 3.50. The van der Waals surface area contributed by atoms with E-state index in [1.807, 2.05) is 0 Å². The van der Waals surface area contributed by atoms with Gasteiger partial charge in [0.1, 0.15) is 0 Å². The van der Waals surface area contributed by atoms with E-state index in [1.165, 1.54) is 32.7 Å². The first kappa shape index (κ1) is 15.4. The summed E-state index contributed by atoms with van der Waals surface area (Å²) in [5.74, 6) is 0.323. The van der Waals surface area contributed by atoms with Crippen molar-refractivity contribution in [1.29, 1.82) is 5.41 Å². The van der Waals surface area contributed by atoms with Crippen LogP contribution in [0.25, 0.3) is 0 Å². The van der Waals surface area contributed by atoms with E-state index in [9.17, 15) is 0 Å². The van der Waals surface area contributed by atoms with Gasteiger partial charge in [0.2, 0.25) is 0 Å². The molecule has 0 unspecified atom stereocenters. The van der Waals surface area contributed by atoms with Crippen LogP contribution in [0.3, 0.4) is 0 Å². The molecule has 0 aromatic rings. The third kappa shape index (κ3) is 6.93. The molecule has 0 spiro atoms. The minimum Gasteiger partial charge on any atom is -0.388 e. The van der Waals surface area contributed by atoms with Crippen LogP contribution in [0.4, 0.5) is 0 Å². The molecule has 0 aliphatic carbocycles. The van der Waals surface area contributed by atoms with Gasteiger partial charge in [-0.15, -0.1) is 0 Å². The van der Waals surface area contributed by atoms with Gasteiger partial charge in [-0.25, -0.2) is 0 Å². The fourth-order valence-electron chi connectivity index (χ4n) is 2.23. The molecule has 1 heterocycles. The Kier molecular flexibility index (Phi) is 7.23. The molecular weight excluding hydrogens is 226 g/mol. The van der Waals surface area contributed by atoms with Gasteiger partial charge in [0, 0.05) is 45.7 Å². The largest absolute Gasteiger partial charge is 0.388 e. The van der Waals surface area contributed by atoms with Crippen molar-refractivity contribution >= 4 is 5.84 Å². The lowest BCUT2D eigenvalue weighted by molar-refractivity contribution is 0.124. The van der Waals surface area contributed by atoms with Crippen LogP contribution in [0.5, 0.6) is 0 Å². The number of piperazine rings is 1. The van der Waals surface area contributed by atoms with Gasteiger partial charge in [-0.3, -0.25) is 10.3 Å². The Hall–Kier alpha value is -0.650. The molecule has 1 fully saturated rings. The molecule has 1 aliphatic heterocycles. The zero-order valence-electron chi connectivity index (χ0n) is 12.0. The van der Waals surface area contributed by atoms with Gasteiger partial charge in [0.15, 0.2) is 0 Å². The summed E-state index contributed by atoms with van der Waals surface area (Å²) in [5.41, 5.74) is 5.35. The molecule has 0 aromatic carbocycles. The molecule has 0 amide bonds. The summed E-state index contributed by atoms with van der Waals surface area (Å²) < 4.78 is 0. The maximum absolute atomic E-state index is 7.18. The first-order chi connectivity index (χ1) is 8.58. The van der Waals surface area contributed by atoms with Gasteiger partial charge in [-0.2, -0.15) is 0 Å². The van der Waals surface area contributed by atoms with Gasteiger partial charge in [0.05, 0.1) is 5.84 Å². The molecule has 0 radical (unpaired) electrons. The first-order valence-corrected chi connectivity index (χ1v) is 7.00. The molecule has 0 aromatic heterocycles. The van der Waals surface area contributed by atoms with Crippen molar-refractivity contribution in [2.75, 3.05) is 59.9 Å². The highest BCUT2D eigenvalue weighted by atomic mass is 15.3. The van der Waals surface area contributed by atoms with Crippen LogP contribution in [0, 0.1) is 5.41 Å². The average Bonchev–Trinajstić information content (AvgIpc) is 2.33. The second-order valence-electron chi connectivity index (χ2n) is 5.47. The number of nitrogens with two attached hydrogens (primary N) is 1. The van der Waals surface area contributed by atoms with Gasteiger partial charge in [-0.1, -0.05) is 0 Å². The highest BCUT2D eigenvalue weighted by molar-refractivity contribution is 5.76. The standard InChI is InChI=1S/C13H29N5/c1-16(2)7-8-18-11-9-17(10-12-18)6-4-3-5-13(14)15/h3-12H2,1-2H3,(H3,14,15). The molecule has 3 N–H and O–H groups in total.